The van der Waals surface area contributed by atoms with Gasteiger partial charge in [0.2, 0.25) is 5.91 Å². The summed E-state index contributed by atoms with van der Waals surface area (Å²) in [7, 11) is 0. The average molecular weight is 412 g/mol. The molecule has 0 radical (unpaired) electrons. The highest BCUT2D eigenvalue weighted by atomic mass is 16.5. The smallest absolute Gasteiger partial charge is 0.239 e. The standard InChI is InChI=1S/C23H33N5O2/c29-23(25-22-6-10-24-28(22)18-21-4-2-1-3-5-21)19-27-12-8-20(9-13-27)7-11-26-14-16-30-17-15-26/h1-6,10,20H,7-9,11-19H2,(H,25,29). The Hall–Kier alpha value is -2.22. The van der Waals surface area contributed by atoms with Crippen LogP contribution in [0.1, 0.15) is 24.8 Å². The first-order valence-corrected chi connectivity index (χ1v) is 11.1. The summed E-state index contributed by atoms with van der Waals surface area (Å²) in [5, 5.41) is 7.40. The van der Waals surface area contributed by atoms with Crippen molar-refractivity contribution in [2.24, 2.45) is 5.92 Å². The number of aromatic nitrogens is 2. The van der Waals surface area contributed by atoms with Gasteiger partial charge in [-0.25, -0.2) is 4.68 Å². The van der Waals surface area contributed by atoms with E-state index in [1.165, 1.54) is 25.8 Å². The Kier molecular flexibility index (Phi) is 7.50. The second-order valence-electron chi connectivity index (χ2n) is 8.37. The molecule has 1 aromatic carbocycles. The number of hydrogen-bond donors (Lipinski definition) is 1. The number of morpholine rings is 1. The summed E-state index contributed by atoms with van der Waals surface area (Å²) >= 11 is 0. The van der Waals surface area contributed by atoms with E-state index in [0.29, 0.717) is 13.1 Å². The van der Waals surface area contributed by atoms with Crippen LogP contribution in [-0.2, 0) is 16.1 Å². The molecule has 0 aliphatic carbocycles. The zero-order valence-corrected chi connectivity index (χ0v) is 17.7. The summed E-state index contributed by atoms with van der Waals surface area (Å²) in [6.45, 7) is 8.18. The molecule has 0 spiro atoms. The van der Waals surface area contributed by atoms with E-state index in [-0.39, 0.29) is 5.91 Å². The molecule has 2 aromatic rings. The fourth-order valence-electron chi connectivity index (χ4n) is 4.33. The third-order valence-corrected chi connectivity index (χ3v) is 6.19. The number of rotatable bonds is 8. The van der Waals surface area contributed by atoms with Gasteiger partial charge in [-0.1, -0.05) is 30.3 Å². The van der Waals surface area contributed by atoms with E-state index >= 15 is 0 Å². The van der Waals surface area contributed by atoms with E-state index < -0.39 is 0 Å². The van der Waals surface area contributed by atoms with Gasteiger partial charge in [0, 0.05) is 19.2 Å². The highest BCUT2D eigenvalue weighted by Crippen LogP contribution is 2.21. The number of piperidine rings is 1. The third-order valence-electron chi connectivity index (χ3n) is 6.19. The first kappa shape index (κ1) is 21.0. The Labute approximate surface area is 179 Å². The fourth-order valence-corrected chi connectivity index (χ4v) is 4.33. The molecule has 30 heavy (non-hydrogen) atoms. The zero-order valence-electron chi connectivity index (χ0n) is 17.7. The first-order valence-electron chi connectivity index (χ1n) is 11.1. The van der Waals surface area contributed by atoms with Gasteiger partial charge in [-0.05, 0) is 50.4 Å². The van der Waals surface area contributed by atoms with Crippen molar-refractivity contribution in [3.05, 3.63) is 48.2 Å². The summed E-state index contributed by atoms with van der Waals surface area (Å²) in [6.07, 6.45) is 5.37. The van der Waals surface area contributed by atoms with Crippen molar-refractivity contribution in [3.8, 4) is 0 Å². The molecule has 2 aliphatic heterocycles. The van der Waals surface area contributed by atoms with E-state index in [4.69, 9.17) is 4.74 Å². The number of benzene rings is 1. The van der Waals surface area contributed by atoms with E-state index in [1.807, 2.05) is 28.9 Å². The van der Waals surface area contributed by atoms with Crippen LogP contribution in [0.3, 0.4) is 0 Å². The lowest BCUT2D eigenvalue weighted by Crippen LogP contribution is -2.41. The molecule has 0 bridgehead atoms. The molecule has 3 heterocycles. The molecule has 1 aromatic heterocycles. The summed E-state index contributed by atoms with van der Waals surface area (Å²) in [5.74, 6) is 1.57. The molecule has 1 N–H and O–H groups in total. The first-order chi connectivity index (χ1) is 14.8. The van der Waals surface area contributed by atoms with Crippen LogP contribution < -0.4 is 5.32 Å². The monoisotopic (exact) mass is 411 g/mol. The summed E-state index contributed by atoms with van der Waals surface area (Å²) < 4.78 is 7.26. The Bertz CT molecular complexity index is 780. The van der Waals surface area contributed by atoms with Crippen LogP contribution >= 0.6 is 0 Å². The van der Waals surface area contributed by atoms with Gasteiger partial charge in [0.1, 0.15) is 5.82 Å². The number of anilines is 1. The summed E-state index contributed by atoms with van der Waals surface area (Å²) in [6, 6.07) is 12.0. The molecule has 2 saturated heterocycles. The number of nitrogens with one attached hydrogen (secondary N) is 1. The highest BCUT2D eigenvalue weighted by Gasteiger charge is 2.22. The number of amides is 1. The lowest BCUT2D eigenvalue weighted by molar-refractivity contribution is -0.117. The fraction of sp³-hybridized carbons (Fsp3) is 0.565. The molecule has 0 saturated carbocycles. The van der Waals surface area contributed by atoms with E-state index in [1.54, 1.807) is 6.20 Å². The zero-order chi connectivity index (χ0) is 20.6. The van der Waals surface area contributed by atoms with Gasteiger partial charge in [0.05, 0.1) is 32.5 Å². The van der Waals surface area contributed by atoms with Crippen molar-refractivity contribution in [3.63, 3.8) is 0 Å². The van der Waals surface area contributed by atoms with Crippen molar-refractivity contribution in [2.45, 2.75) is 25.8 Å². The number of nitrogens with zero attached hydrogens (tertiary/aromatic N) is 4. The maximum Gasteiger partial charge on any atom is 0.239 e. The predicted molar refractivity (Wildman–Crippen MR) is 117 cm³/mol. The van der Waals surface area contributed by atoms with Crippen LogP contribution in [0.25, 0.3) is 0 Å². The van der Waals surface area contributed by atoms with Crippen LogP contribution in [0.2, 0.25) is 0 Å². The Balaban J connectivity index is 1.18. The van der Waals surface area contributed by atoms with Crippen molar-refractivity contribution in [1.82, 2.24) is 19.6 Å². The molecule has 7 nitrogen and oxygen atoms in total. The molecular weight excluding hydrogens is 378 g/mol. The number of likely N-dealkylation sites (tertiary alicyclic amines) is 1. The van der Waals surface area contributed by atoms with Crippen LogP contribution in [0, 0.1) is 5.92 Å². The molecule has 7 heteroatoms. The highest BCUT2D eigenvalue weighted by molar-refractivity contribution is 5.91. The Morgan fingerprint density at radius 2 is 1.80 bits per heavy atom. The Morgan fingerprint density at radius 3 is 2.57 bits per heavy atom. The van der Waals surface area contributed by atoms with Gasteiger partial charge in [-0.15, -0.1) is 0 Å². The van der Waals surface area contributed by atoms with Crippen molar-refractivity contribution < 1.29 is 9.53 Å². The van der Waals surface area contributed by atoms with Gasteiger partial charge < -0.3 is 10.1 Å². The van der Waals surface area contributed by atoms with Crippen molar-refractivity contribution in [1.29, 1.82) is 0 Å². The van der Waals surface area contributed by atoms with Crippen molar-refractivity contribution >= 4 is 11.7 Å². The minimum atomic E-state index is 0.0385. The van der Waals surface area contributed by atoms with Crippen LogP contribution in [0.15, 0.2) is 42.6 Å². The SMILES string of the molecule is O=C(CN1CCC(CCN2CCOCC2)CC1)Nc1ccnn1Cc1ccccc1. The van der Waals surface area contributed by atoms with Gasteiger partial charge in [0.15, 0.2) is 0 Å². The maximum atomic E-state index is 12.6. The van der Waals surface area contributed by atoms with E-state index in [0.717, 1.165) is 56.7 Å². The largest absolute Gasteiger partial charge is 0.379 e. The van der Waals surface area contributed by atoms with Gasteiger partial charge >= 0.3 is 0 Å². The molecule has 162 valence electrons. The van der Waals surface area contributed by atoms with E-state index in [2.05, 4.69) is 32.3 Å². The third kappa shape index (κ3) is 6.14. The van der Waals surface area contributed by atoms with Crippen molar-refractivity contribution in [2.75, 3.05) is 57.8 Å². The lowest BCUT2D eigenvalue weighted by Gasteiger charge is -2.33. The number of hydrogen-bond acceptors (Lipinski definition) is 5. The molecule has 2 fully saturated rings. The summed E-state index contributed by atoms with van der Waals surface area (Å²) in [4.78, 5) is 17.4. The quantitative estimate of drug-likeness (QED) is 0.722. The minimum absolute atomic E-state index is 0.0385. The normalized spacial score (nSPS) is 19.1. The van der Waals surface area contributed by atoms with Crippen LogP contribution in [-0.4, -0.2) is 78.0 Å². The maximum absolute atomic E-state index is 12.6. The molecule has 1 amide bonds. The molecule has 0 atom stereocenters. The Morgan fingerprint density at radius 1 is 1.03 bits per heavy atom. The van der Waals surface area contributed by atoms with Crippen LogP contribution in [0.4, 0.5) is 5.82 Å². The molecular formula is C23H33N5O2. The van der Waals surface area contributed by atoms with E-state index in [9.17, 15) is 4.79 Å². The van der Waals surface area contributed by atoms with Gasteiger partial charge in [0.25, 0.3) is 0 Å². The van der Waals surface area contributed by atoms with Gasteiger partial charge in [-0.2, -0.15) is 5.10 Å². The molecule has 2 aliphatic rings. The predicted octanol–water partition coefficient (Wildman–Crippen LogP) is 2.30. The minimum Gasteiger partial charge on any atom is -0.379 e. The van der Waals surface area contributed by atoms with Crippen LogP contribution in [0.5, 0.6) is 0 Å². The summed E-state index contributed by atoms with van der Waals surface area (Å²) in [5.41, 5.74) is 1.16. The van der Waals surface area contributed by atoms with Gasteiger partial charge in [-0.3, -0.25) is 14.6 Å². The number of carbonyl (C=O) groups is 1. The number of carbonyl (C=O) groups excluding carboxylic acids is 1. The second kappa shape index (κ2) is 10.7. The molecule has 0 unspecified atom stereocenters. The number of ether oxygens (including phenoxy) is 1. The second-order valence-corrected chi connectivity index (χ2v) is 8.37. The average Bonchev–Trinajstić information content (AvgIpc) is 3.21. The lowest BCUT2D eigenvalue weighted by atomic mass is 9.93. The molecule has 4 rings (SSSR count). The topological polar surface area (TPSA) is 62.6 Å².